The van der Waals surface area contributed by atoms with Crippen LogP contribution in [0.15, 0.2) is 27.7 Å². The van der Waals surface area contributed by atoms with Gasteiger partial charge in [0, 0.05) is 30.8 Å². The van der Waals surface area contributed by atoms with Gasteiger partial charge < -0.3 is 4.74 Å². The predicted molar refractivity (Wildman–Crippen MR) is 115 cm³/mol. The van der Waals surface area contributed by atoms with Gasteiger partial charge in [-0.05, 0) is 44.7 Å². The minimum Gasteiger partial charge on any atom is -0.381 e. The van der Waals surface area contributed by atoms with Crippen LogP contribution < -0.4 is 0 Å². The van der Waals surface area contributed by atoms with E-state index in [0.717, 1.165) is 41.5 Å². The van der Waals surface area contributed by atoms with Gasteiger partial charge in [-0.1, -0.05) is 33.8 Å². The van der Waals surface area contributed by atoms with Crippen LogP contribution >= 0.6 is 0 Å². The van der Waals surface area contributed by atoms with Gasteiger partial charge in [-0.25, -0.2) is 9.67 Å². The highest BCUT2D eigenvalue weighted by Crippen LogP contribution is 2.31. The number of hydrogen-bond acceptors (Lipinski definition) is 3. The van der Waals surface area contributed by atoms with Crippen LogP contribution in [0.4, 0.5) is 0 Å². The molecule has 0 spiro atoms. The van der Waals surface area contributed by atoms with Crippen LogP contribution in [0.1, 0.15) is 63.9 Å². The second-order valence-electron chi connectivity index (χ2n) is 7.03. The van der Waals surface area contributed by atoms with Gasteiger partial charge in [0.15, 0.2) is 5.84 Å². The first kappa shape index (κ1) is 21.3. The molecule has 3 rings (SSSR count). The van der Waals surface area contributed by atoms with E-state index in [2.05, 4.69) is 49.5 Å². The van der Waals surface area contributed by atoms with Crippen molar-refractivity contribution in [1.82, 2.24) is 9.78 Å². The van der Waals surface area contributed by atoms with E-state index >= 15 is 0 Å². The van der Waals surface area contributed by atoms with Crippen molar-refractivity contribution < 1.29 is 4.74 Å². The maximum atomic E-state index is 5.62. The van der Waals surface area contributed by atoms with Crippen molar-refractivity contribution in [1.29, 1.82) is 0 Å². The summed E-state index contributed by atoms with van der Waals surface area (Å²) in [6.45, 7) is 16.2. The minimum atomic E-state index is 0.299. The molecule has 1 fully saturated rings. The Balaban J connectivity index is 0.00000126. The fourth-order valence-electron chi connectivity index (χ4n) is 3.86. The van der Waals surface area contributed by atoms with Crippen molar-refractivity contribution in [2.75, 3.05) is 20.3 Å². The Morgan fingerprint density at radius 1 is 1.30 bits per heavy atom. The first-order valence-electron chi connectivity index (χ1n) is 10.1. The van der Waals surface area contributed by atoms with E-state index in [-0.39, 0.29) is 0 Å². The van der Waals surface area contributed by atoms with E-state index in [4.69, 9.17) is 14.8 Å². The zero-order valence-corrected chi connectivity index (χ0v) is 18.1. The van der Waals surface area contributed by atoms with E-state index in [9.17, 15) is 0 Å². The summed E-state index contributed by atoms with van der Waals surface area (Å²) in [7, 11) is 1.80. The summed E-state index contributed by atoms with van der Waals surface area (Å²) in [5.74, 6) is 1.54. The molecule has 1 aromatic heterocycles. The Labute approximate surface area is 163 Å². The van der Waals surface area contributed by atoms with Crippen LogP contribution in [-0.2, 0) is 4.74 Å². The highest BCUT2D eigenvalue weighted by atomic mass is 16.5. The molecular weight excluding hydrogens is 336 g/mol. The van der Waals surface area contributed by atoms with Crippen LogP contribution in [0, 0.1) is 19.8 Å². The molecule has 0 aliphatic carbocycles. The SMILES string of the molecule is C/C=C1/C=C(n2nc(C)c(C(C)C)c2C)C(C2CCOC2)=NC1=NC.CC. The molecule has 2 aliphatic heterocycles. The lowest BCUT2D eigenvalue weighted by atomic mass is 9.95. The quantitative estimate of drug-likeness (QED) is 0.755. The van der Waals surface area contributed by atoms with E-state index in [1.807, 2.05) is 20.8 Å². The third-order valence-electron chi connectivity index (χ3n) is 5.03. The average Bonchev–Trinajstić information content (AvgIpc) is 3.30. The molecule has 2 aliphatic rings. The molecule has 1 unspecified atom stereocenters. The van der Waals surface area contributed by atoms with Crippen LogP contribution in [0.2, 0.25) is 0 Å². The maximum absolute atomic E-state index is 5.62. The van der Waals surface area contributed by atoms with Gasteiger partial charge in [-0.15, -0.1) is 0 Å². The smallest absolute Gasteiger partial charge is 0.154 e. The number of allylic oxidation sites excluding steroid dienone is 2. The second-order valence-corrected chi connectivity index (χ2v) is 7.03. The topological polar surface area (TPSA) is 51.8 Å². The number of amidine groups is 1. The minimum absolute atomic E-state index is 0.299. The van der Waals surface area contributed by atoms with E-state index in [1.54, 1.807) is 7.05 Å². The molecule has 1 saturated heterocycles. The number of aliphatic imine (C=N–C) groups is 2. The monoisotopic (exact) mass is 370 g/mol. The standard InChI is InChI=1S/C20H28N4O.C2H6/c1-7-15-10-17(24-14(5)18(12(2)3)13(4)23-24)19(22-20(15)21-6)16-8-9-25-11-16;1-2/h7,10,12,16H,8-9,11H2,1-6H3;1-2H3/b15-7-,21-20?;. The van der Waals surface area contributed by atoms with E-state index in [1.165, 1.54) is 11.3 Å². The molecule has 0 saturated carbocycles. The third kappa shape index (κ3) is 4.13. The molecule has 1 aromatic rings. The van der Waals surface area contributed by atoms with Crippen molar-refractivity contribution in [2.24, 2.45) is 15.9 Å². The molecule has 27 heavy (non-hydrogen) atoms. The summed E-state index contributed by atoms with van der Waals surface area (Å²) in [4.78, 5) is 9.28. The molecule has 1 atom stereocenters. The first-order chi connectivity index (χ1) is 13.0. The van der Waals surface area contributed by atoms with Crippen LogP contribution in [0.3, 0.4) is 0 Å². The molecular formula is C22H34N4O. The molecule has 0 radical (unpaired) electrons. The maximum Gasteiger partial charge on any atom is 0.154 e. The fourth-order valence-corrected chi connectivity index (χ4v) is 3.86. The summed E-state index contributed by atoms with van der Waals surface area (Å²) in [6, 6.07) is 0. The molecule has 5 nitrogen and oxygen atoms in total. The lowest BCUT2D eigenvalue weighted by molar-refractivity contribution is 0.193. The Kier molecular flexibility index (Phi) is 7.31. The van der Waals surface area contributed by atoms with Crippen molar-refractivity contribution >= 4 is 17.2 Å². The van der Waals surface area contributed by atoms with Gasteiger partial charge >= 0.3 is 0 Å². The van der Waals surface area contributed by atoms with Crippen molar-refractivity contribution in [3.05, 3.63) is 34.7 Å². The molecule has 0 aromatic carbocycles. The predicted octanol–water partition coefficient (Wildman–Crippen LogP) is 4.96. The first-order valence-corrected chi connectivity index (χ1v) is 10.1. The second kappa shape index (κ2) is 9.27. The largest absolute Gasteiger partial charge is 0.381 e. The van der Waals surface area contributed by atoms with Gasteiger partial charge in [0.05, 0.1) is 23.7 Å². The zero-order valence-electron chi connectivity index (χ0n) is 18.1. The van der Waals surface area contributed by atoms with Crippen LogP contribution in [0.5, 0.6) is 0 Å². The molecule has 5 heteroatoms. The van der Waals surface area contributed by atoms with Crippen LogP contribution in [0.25, 0.3) is 5.70 Å². The lowest BCUT2D eigenvalue weighted by Crippen LogP contribution is -2.26. The molecule has 0 N–H and O–H groups in total. The summed E-state index contributed by atoms with van der Waals surface area (Å²) in [5.41, 5.74) is 6.75. The summed E-state index contributed by atoms with van der Waals surface area (Å²) in [5, 5.41) is 4.86. The molecule has 0 amide bonds. The number of rotatable bonds is 3. The lowest BCUT2D eigenvalue weighted by Gasteiger charge is -2.22. The average molecular weight is 371 g/mol. The highest BCUT2D eigenvalue weighted by molar-refractivity contribution is 6.29. The van der Waals surface area contributed by atoms with Gasteiger partial charge in [0.25, 0.3) is 0 Å². The summed E-state index contributed by atoms with van der Waals surface area (Å²) >= 11 is 0. The molecule has 0 bridgehead atoms. The number of nitrogens with zero attached hydrogens (tertiary/aromatic N) is 4. The third-order valence-corrected chi connectivity index (χ3v) is 5.03. The Morgan fingerprint density at radius 3 is 2.48 bits per heavy atom. The fraction of sp³-hybridized carbons (Fsp3) is 0.591. The van der Waals surface area contributed by atoms with E-state index in [0.29, 0.717) is 18.4 Å². The van der Waals surface area contributed by atoms with Gasteiger partial charge in [0.1, 0.15) is 0 Å². The van der Waals surface area contributed by atoms with Gasteiger partial charge in [-0.2, -0.15) is 5.10 Å². The van der Waals surface area contributed by atoms with Crippen molar-refractivity contribution in [2.45, 2.75) is 60.8 Å². The molecule has 3 heterocycles. The van der Waals surface area contributed by atoms with E-state index < -0.39 is 0 Å². The summed E-state index contributed by atoms with van der Waals surface area (Å²) in [6.07, 6.45) is 5.23. The number of ether oxygens (including phenoxy) is 1. The van der Waals surface area contributed by atoms with Crippen molar-refractivity contribution in [3.63, 3.8) is 0 Å². The zero-order chi connectivity index (χ0) is 20.1. The summed E-state index contributed by atoms with van der Waals surface area (Å²) < 4.78 is 7.69. The Bertz CT molecular complexity index is 787. The van der Waals surface area contributed by atoms with Crippen LogP contribution in [-0.4, -0.2) is 41.6 Å². The highest BCUT2D eigenvalue weighted by Gasteiger charge is 2.30. The molecule has 148 valence electrons. The van der Waals surface area contributed by atoms with Crippen molar-refractivity contribution in [3.8, 4) is 0 Å². The Hall–Kier alpha value is -2.01. The number of hydrogen-bond donors (Lipinski definition) is 0. The number of aromatic nitrogens is 2. The van der Waals surface area contributed by atoms with Gasteiger partial charge in [0.2, 0.25) is 0 Å². The van der Waals surface area contributed by atoms with Gasteiger partial charge in [-0.3, -0.25) is 4.99 Å². The normalized spacial score (nSPS) is 22.8. The Morgan fingerprint density at radius 2 is 2.00 bits per heavy atom. The number of dihydropyridines is 1. The number of aryl methyl sites for hydroxylation is 1.